The molecule has 0 amide bonds. The van der Waals surface area contributed by atoms with Crippen molar-refractivity contribution >= 4 is 27.5 Å². The van der Waals surface area contributed by atoms with Gasteiger partial charge in [-0.2, -0.15) is 10.4 Å². The Hall–Kier alpha value is -3.62. The molecule has 3 atom stereocenters. The zero-order chi connectivity index (χ0) is 27.6. The van der Waals surface area contributed by atoms with E-state index in [-0.39, 0.29) is 0 Å². The molecule has 11 heteroatoms. The van der Waals surface area contributed by atoms with Crippen LogP contribution >= 0.6 is 0 Å². The van der Waals surface area contributed by atoms with Gasteiger partial charge in [0.15, 0.2) is 22.9 Å². The highest BCUT2D eigenvalue weighted by atomic mass is 32.2. The lowest BCUT2D eigenvalue weighted by molar-refractivity contribution is 0.263. The lowest BCUT2D eigenvalue weighted by atomic mass is 9.61. The van der Waals surface area contributed by atoms with Crippen LogP contribution in [0, 0.1) is 11.3 Å². The molecule has 3 aromatic heterocycles. The summed E-state index contributed by atoms with van der Waals surface area (Å²) in [5.74, 6) is 1.20. The number of benzene rings is 1. The molecule has 0 saturated carbocycles. The summed E-state index contributed by atoms with van der Waals surface area (Å²) in [6.07, 6.45) is 11.0. The first-order chi connectivity index (χ1) is 19.4. The van der Waals surface area contributed by atoms with Crippen molar-refractivity contribution in [2.24, 2.45) is 0 Å². The number of likely N-dealkylation sites (tertiary alicyclic amines) is 1. The number of nitrogens with two attached hydrogens (primary N) is 1. The van der Waals surface area contributed by atoms with Crippen LogP contribution in [0.2, 0.25) is 0 Å². The van der Waals surface area contributed by atoms with Crippen molar-refractivity contribution in [1.29, 1.82) is 5.26 Å². The van der Waals surface area contributed by atoms with E-state index in [0.717, 1.165) is 73.9 Å². The molecule has 1 saturated heterocycles. The standard InChI is InChI=1S/C29H32N8O2S/c1-36-13-5-7-18(36)16-37-27-21(15-32-37)28(40(2)38)34-26(33-27)24-19-8-4-12-29(25(19)39-35-24)11-3-6-17-9-10-22(31)20(14-30)23(17)29/h9-10,15,18H,3-8,11-13,16,31H2,1-2H3. The number of likely N-dealkylation sites (N-methyl/N-ethyl adjacent to an activating group) is 1. The number of aryl methyl sites for hydroxylation is 1. The Kier molecular flexibility index (Phi) is 6.02. The number of aromatic nitrogens is 5. The van der Waals surface area contributed by atoms with E-state index in [0.29, 0.717) is 51.4 Å². The van der Waals surface area contributed by atoms with Crippen LogP contribution in [0.5, 0.6) is 0 Å². The topological polar surface area (TPSA) is 140 Å². The van der Waals surface area contributed by atoms with Crippen molar-refractivity contribution in [3.8, 4) is 17.6 Å². The molecule has 0 bridgehead atoms. The first-order valence-corrected chi connectivity index (χ1v) is 15.6. The summed E-state index contributed by atoms with van der Waals surface area (Å²) in [4.78, 5) is 12.1. The van der Waals surface area contributed by atoms with E-state index in [9.17, 15) is 9.47 Å². The molecule has 40 heavy (non-hydrogen) atoms. The predicted molar refractivity (Wildman–Crippen MR) is 151 cm³/mol. The molecule has 3 unspecified atom stereocenters. The third-order valence-electron chi connectivity index (χ3n) is 9.22. The second kappa shape index (κ2) is 9.49. The van der Waals surface area contributed by atoms with Crippen molar-refractivity contribution in [3.05, 3.63) is 46.3 Å². The molecule has 1 aromatic carbocycles. The molecule has 7 rings (SSSR count). The number of nitrogen functional groups attached to an aromatic ring is 1. The normalized spacial score (nSPS) is 23.3. The van der Waals surface area contributed by atoms with E-state index >= 15 is 0 Å². The Bertz CT molecular complexity index is 1720. The van der Waals surface area contributed by atoms with Gasteiger partial charge in [0.25, 0.3) is 0 Å². The minimum absolute atomic E-state index is 0.380. The zero-order valence-corrected chi connectivity index (χ0v) is 23.6. The number of fused-ring (bicyclic) bond motifs is 5. The third-order valence-corrected chi connectivity index (χ3v) is 10.1. The number of rotatable bonds is 4. The number of hydrogen-bond donors (Lipinski definition) is 1. The molecule has 1 aliphatic heterocycles. The summed E-state index contributed by atoms with van der Waals surface area (Å²) in [7, 11) is 0.796. The number of nitriles is 1. The first-order valence-electron chi connectivity index (χ1n) is 14.0. The Labute approximate surface area is 235 Å². The van der Waals surface area contributed by atoms with Crippen LogP contribution in [0.4, 0.5) is 5.69 Å². The molecule has 3 aliphatic rings. The minimum atomic E-state index is -1.35. The summed E-state index contributed by atoms with van der Waals surface area (Å²) >= 11 is 0. The van der Waals surface area contributed by atoms with Gasteiger partial charge in [0, 0.05) is 23.5 Å². The number of anilines is 1. The maximum atomic E-state index is 12.8. The highest BCUT2D eigenvalue weighted by Crippen LogP contribution is 2.53. The largest absolute Gasteiger partial charge is 0.398 e. The van der Waals surface area contributed by atoms with Crippen molar-refractivity contribution in [2.75, 3.05) is 25.6 Å². The third kappa shape index (κ3) is 3.73. The lowest BCUT2D eigenvalue weighted by Crippen LogP contribution is -2.36. The van der Waals surface area contributed by atoms with Gasteiger partial charge in [0.1, 0.15) is 11.1 Å². The van der Waals surface area contributed by atoms with Gasteiger partial charge in [-0.25, -0.2) is 14.6 Å². The molecule has 4 aromatic rings. The first kappa shape index (κ1) is 25.4. The molecular weight excluding hydrogens is 524 g/mol. The van der Waals surface area contributed by atoms with Gasteiger partial charge in [0.05, 0.1) is 39.9 Å². The Morgan fingerprint density at radius 1 is 1.23 bits per heavy atom. The second-order valence-electron chi connectivity index (χ2n) is 11.5. The molecule has 1 spiro atoms. The maximum absolute atomic E-state index is 12.8. The SMILES string of the molecule is CN1CCCC1Cn1ncc2c(S(C)=O)nc(-c3noc4c3CCCC43CCCc4ccc(N)c(C#N)c43)nc21. The average molecular weight is 557 g/mol. The monoisotopic (exact) mass is 556 g/mol. The average Bonchev–Trinajstić information content (AvgIpc) is 3.68. The van der Waals surface area contributed by atoms with Gasteiger partial charge < -0.3 is 15.2 Å². The van der Waals surface area contributed by atoms with Crippen LogP contribution in [0.15, 0.2) is 27.9 Å². The van der Waals surface area contributed by atoms with E-state index in [2.05, 4.69) is 34.3 Å². The summed E-state index contributed by atoms with van der Waals surface area (Å²) in [5, 5.41) is 20.4. The molecule has 2 N–H and O–H groups in total. The van der Waals surface area contributed by atoms with Crippen LogP contribution in [-0.4, -0.2) is 59.9 Å². The molecule has 10 nitrogen and oxygen atoms in total. The highest BCUT2D eigenvalue weighted by molar-refractivity contribution is 7.84. The molecule has 206 valence electrons. The van der Waals surface area contributed by atoms with Gasteiger partial charge in [-0.05, 0) is 82.2 Å². The molecular formula is C29H32N8O2S. The molecule has 0 radical (unpaired) electrons. The van der Waals surface area contributed by atoms with E-state index in [4.69, 9.17) is 20.2 Å². The number of nitrogens with zero attached hydrogens (tertiary/aromatic N) is 7. The molecule has 4 heterocycles. The predicted octanol–water partition coefficient (Wildman–Crippen LogP) is 3.73. The summed E-state index contributed by atoms with van der Waals surface area (Å²) in [6.45, 7) is 1.78. The van der Waals surface area contributed by atoms with Crippen LogP contribution in [-0.2, 0) is 35.6 Å². The van der Waals surface area contributed by atoms with Crippen molar-refractivity contribution in [1.82, 2.24) is 29.8 Å². The van der Waals surface area contributed by atoms with Gasteiger partial charge in [-0.3, -0.25) is 4.21 Å². The van der Waals surface area contributed by atoms with Gasteiger partial charge in [0.2, 0.25) is 0 Å². The van der Waals surface area contributed by atoms with Crippen molar-refractivity contribution in [3.63, 3.8) is 0 Å². The van der Waals surface area contributed by atoms with Gasteiger partial charge in [-0.15, -0.1) is 0 Å². The van der Waals surface area contributed by atoms with Gasteiger partial charge >= 0.3 is 0 Å². The van der Waals surface area contributed by atoms with E-state index in [1.807, 2.05) is 10.7 Å². The quantitative estimate of drug-likeness (QED) is 0.294. The minimum Gasteiger partial charge on any atom is -0.398 e. The Balaban J connectivity index is 1.38. The fourth-order valence-electron chi connectivity index (χ4n) is 7.29. The maximum Gasteiger partial charge on any atom is 0.185 e. The Morgan fingerprint density at radius 3 is 2.80 bits per heavy atom. The molecule has 2 aliphatic carbocycles. The molecule has 1 fully saturated rings. The lowest BCUT2D eigenvalue weighted by Gasteiger charge is -2.41. The van der Waals surface area contributed by atoms with Crippen molar-refractivity contribution in [2.45, 2.75) is 74.4 Å². The smallest absolute Gasteiger partial charge is 0.185 e. The fourth-order valence-corrected chi connectivity index (χ4v) is 7.96. The van der Waals surface area contributed by atoms with Gasteiger partial charge in [-0.1, -0.05) is 11.2 Å². The zero-order valence-electron chi connectivity index (χ0n) is 22.8. The summed E-state index contributed by atoms with van der Waals surface area (Å²) in [6, 6.07) is 6.66. The summed E-state index contributed by atoms with van der Waals surface area (Å²) < 4.78 is 21.0. The Morgan fingerprint density at radius 2 is 2.05 bits per heavy atom. The van der Waals surface area contributed by atoms with E-state index < -0.39 is 16.2 Å². The second-order valence-corrected chi connectivity index (χ2v) is 12.7. The van der Waals surface area contributed by atoms with Crippen LogP contribution in [0.3, 0.4) is 0 Å². The highest BCUT2D eigenvalue weighted by Gasteiger charge is 2.47. The van der Waals surface area contributed by atoms with Crippen molar-refractivity contribution < 1.29 is 8.73 Å². The van der Waals surface area contributed by atoms with Crippen LogP contribution in [0.1, 0.15) is 66.5 Å². The number of hydrogen-bond acceptors (Lipinski definition) is 9. The van der Waals surface area contributed by atoms with Crippen LogP contribution < -0.4 is 5.73 Å². The van der Waals surface area contributed by atoms with E-state index in [1.54, 1.807) is 12.5 Å². The van der Waals surface area contributed by atoms with Crippen LogP contribution in [0.25, 0.3) is 22.6 Å². The fraction of sp³-hybridized carbons (Fsp3) is 0.483. The summed E-state index contributed by atoms with van der Waals surface area (Å²) in [5.41, 5.74) is 11.3. The van der Waals surface area contributed by atoms with E-state index in [1.165, 1.54) is 6.42 Å².